The van der Waals surface area contributed by atoms with Crippen LogP contribution in [0.5, 0.6) is 5.75 Å². The molecule has 0 bridgehead atoms. The summed E-state index contributed by atoms with van der Waals surface area (Å²) < 4.78 is 5.56. The number of carboxylic acids is 1. The van der Waals surface area contributed by atoms with Crippen LogP contribution in [-0.4, -0.2) is 40.8 Å². The summed E-state index contributed by atoms with van der Waals surface area (Å²) in [6, 6.07) is 4.30. The second kappa shape index (κ2) is 4.55. The minimum absolute atomic E-state index is 0.0906. The molecular weight excluding hydrogens is 250 g/mol. The summed E-state index contributed by atoms with van der Waals surface area (Å²) >= 11 is 0. The fourth-order valence-electron chi connectivity index (χ4n) is 2.03. The molecule has 6 nitrogen and oxygen atoms in total. The van der Waals surface area contributed by atoms with E-state index in [2.05, 4.69) is 0 Å². The highest BCUT2D eigenvalue weighted by Gasteiger charge is 2.40. The highest BCUT2D eigenvalue weighted by molar-refractivity contribution is 6.03. The summed E-state index contributed by atoms with van der Waals surface area (Å²) in [7, 11) is 0. The van der Waals surface area contributed by atoms with E-state index >= 15 is 0 Å². The van der Waals surface area contributed by atoms with Gasteiger partial charge in [0, 0.05) is 6.54 Å². The summed E-state index contributed by atoms with van der Waals surface area (Å²) in [5.74, 6) is -0.995. The van der Waals surface area contributed by atoms with Crippen molar-refractivity contribution < 1.29 is 24.5 Å². The van der Waals surface area contributed by atoms with E-state index in [4.69, 9.17) is 14.9 Å². The lowest BCUT2D eigenvalue weighted by atomic mass is 10.0. The van der Waals surface area contributed by atoms with Crippen molar-refractivity contribution in [1.82, 2.24) is 0 Å². The smallest absolute Gasteiger partial charge is 0.335 e. The monoisotopic (exact) mass is 265 g/mol. The van der Waals surface area contributed by atoms with Crippen molar-refractivity contribution in [3.63, 3.8) is 0 Å². The molecule has 0 saturated heterocycles. The van der Waals surface area contributed by atoms with E-state index in [1.807, 2.05) is 0 Å². The molecule has 6 heteroatoms. The molecule has 1 heterocycles. The number of rotatable bonds is 3. The van der Waals surface area contributed by atoms with Gasteiger partial charge in [-0.3, -0.25) is 4.79 Å². The number of aliphatic hydroxyl groups is 1. The number of β-amino-alcohol motifs (C(OH)–C–C–N with tert-alkyl or cyclic N) is 1. The molecule has 0 saturated carbocycles. The van der Waals surface area contributed by atoms with E-state index < -0.39 is 11.6 Å². The zero-order valence-electron chi connectivity index (χ0n) is 10.7. The van der Waals surface area contributed by atoms with Gasteiger partial charge in [-0.15, -0.1) is 0 Å². The Morgan fingerprint density at radius 1 is 1.42 bits per heavy atom. The molecule has 1 amide bonds. The van der Waals surface area contributed by atoms with Crippen molar-refractivity contribution in [2.24, 2.45) is 0 Å². The maximum atomic E-state index is 12.2. The minimum atomic E-state index is -1.08. The van der Waals surface area contributed by atoms with Gasteiger partial charge in [0.2, 0.25) is 0 Å². The number of aromatic carboxylic acids is 1. The van der Waals surface area contributed by atoms with Gasteiger partial charge in [0.25, 0.3) is 5.91 Å². The summed E-state index contributed by atoms with van der Waals surface area (Å²) in [5.41, 5.74) is -0.518. The van der Waals surface area contributed by atoms with E-state index in [9.17, 15) is 9.59 Å². The molecule has 0 aliphatic carbocycles. The fraction of sp³-hybridized carbons (Fsp3) is 0.385. The molecular formula is C13H15NO5. The number of ether oxygens (including phenoxy) is 1. The van der Waals surface area contributed by atoms with E-state index in [1.165, 1.54) is 23.1 Å². The summed E-state index contributed by atoms with van der Waals surface area (Å²) in [4.78, 5) is 24.5. The second-order valence-corrected chi connectivity index (χ2v) is 4.78. The minimum Gasteiger partial charge on any atom is -0.478 e. The molecule has 0 spiro atoms. The van der Waals surface area contributed by atoms with E-state index in [-0.39, 0.29) is 24.6 Å². The Labute approximate surface area is 110 Å². The van der Waals surface area contributed by atoms with Crippen molar-refractivity contribution in [3.8, 4) is 5.75 Å². The highest BCUT2D eigenvalue weighted by atomic mass is 16.5. The molecule has 1 aromatic carbocycles. The van der Waals surface area contributed by atoms with Crippen molar-refractivity contribution in [3.05, 3.63) is 23.8 Å². The van der Waals surface area contributed by atoms with Crippen LogP contribution in [-0.2, 0) is 4.79 Å². The molecule has 0 fully saturated rings. The third-order valence-corrected chi connectivity index (χ3v) is 2.95. The standard InChI is InChI=1S/C13H15NO5/c1-13(2)12(18)14(5-6-15)9-4-3-8(11(16)17)7-10(9)19-13/h3-4,7,15H,5-6H2,1-2H3,(H,16,17). The number of hydrogen-bond acceptors (Lipinski definition) is 4. The van der Waals surface area contributed by atoms with Gasteiger partial charge in [-0.25, -0.2) is 4.79 Å². The molecule has 1 aliphatic heterocycles. The quantitative estimate of drug-likeness (QED) is 0.847. The summed E-state index contributed by atoms with van der Waals surface area (Å²) in [6.07, 6.45) is 0. The average Bonchev–Trinajstić information content (AvgIpc) is 2.33. The molecule has 0 unspecified atom stereocenters. The average molecular weight is 265 g/mol. The molecule has 19 heavy (non-hydrogen) atoms. The largest absolute Gasteiger partial charge is 0.478 e. The number of carbonyl (C=O) groups excluding carboxylic acids is 1. The Bertz CT molecular complexity index is 538. The van der Waals surface area contributed by atoms with Gasteiger partial charge in [0.05, 0.1) is 17.9 Å². The highest BCUT2D eigenvalue weighted by Crippen LogP contribution is 2.38. The fourth-order valence-corrected chi connectivity index (χ4v) is 2.03. The third-order valence-electron chi connectivity index (χ3n) is 2.95. The number of fused-ring (bicyclic) bond motifs is 1. The number of anilines is 1. The lowest BCUT2D eigenvalue weighted by Crippen LogP contribution is -2.53. The Morgan fingerprint density at radius 3 is 2.68 bits per heavy atom. The van der Waals surface area contributed by atoms with Crippen LogP contribution in [0.2, 0.25) is 0 Å². The van der Waals surface area contributed by atoms with Crippen LogP contribution in [0.25, 0.3) is 0 Å². The number of carbonyl (C=O) groups is 2. The maximum absolute atomic E-state index is 12.2. The molecule has 1 aliphatic rings. The predicted molar refractivity (Wildman–Crippen MR) is 67.5 cm³/mol. The van der Waals surface area contributed by atoms with Crippen molar-refractivity contribution in [2.45, 2.75) is 19.4 Å². The predicted octanol–water partition coefficient (Wildman–Crippen LogP) is 0.881. The number of nitrogens with zero attached hydrogens (tertiary/aromatic N) is 1. The van der Waals surface area contributed by atoms with Gasteiger partial charge >= 0.3 is 5.97 Å². The molecule has 0 radical (unpaired) electrons. The first-order chi connectivity index (χ1) is 8.86. The Hall–Kier alpha value is -2.08. The zero-order chi connectivity index (χ0) is 14.2. The van der Waals surface area contributed by atoms with Gasteiger partial charge < -0.3 is 19.8 Å². The molecule has 0 aromatic heterocycles. The Balaban J connectivity index is 2.52. The molecule has 102 valence electrons. The van der Waals surface area contributed by atoms with Gasteiger partial charge in [0.1, 0.15) is 5.75 Å². The number of benzene rings is 1. The first-order valence-electron chi connectivity index (χ1n) is 5.86. The van der Waals surface area contributed by atoms with Crippen molar-refractivity contribution >= 4 is 17.6 Å². The van der Waals surface area contributed by atoms with Crippen LogP contribution in [0.4, 0.5) is 5.69 Å². The topological polar surface area (TPSA) is 87.1 Å². The second-order valence-electron chi connectivity index (χ2n) is 4.78. The Morgan fingerprint density at radius 2 is 2.11 bits per heavy atom. The van der Waals surface area contributed by atoms with Crippen LogP contribution < -0.4 is 9.64 Å². The maximum Gasteiger partial charge on any atom is 0.335 e. The number of hydrogen-bond donors (Lipinski definition) is 2. The lowest BCUT2D eigenvalue weighted by molar-refractivity contribution is -0.132. The van der Waals surface area contributed by atoms with Crippen LogP contribution in [0.3, 0.4) is 0 Å². The van der Waals surface area contributed by atoms with Crippen LogP contribution in [0.15, 0.2) is 18.2 Å². The van der Waals surface area contributed by atoms with Gasteiger partial charge in [0.15, 0.2) is 5.60 Å². The Kier molecular flexibility index (Phi) is 3.20. The van der Waals surface area contributed by atoms with Gasteiger partial charge in [-0.2, -0.15) is 0 Å². The van der Waals surface area contributed by atoms with Crippen LogP contribution in [0.1, 0.15) is 24.2 Å². The van der Waals surface area contributed by atoms with Crippen LogP contribution >= 0.6 is 0 Å². The number of aliphatic hydroxyl groups excluding tert-OH is 1. The van der Waals surface area contributed by atoms with E-state index in [0.717, 1.165) is 0 Å². The normalized spacial score (nSPS) is 16.8. The van der Waals surface area contributed by atoms with E-state index in [1.54, 1.807) is 13.8 Å². The lowest BCUT2D eigenvalue weighted by Gasteiger charge is -2.38. The van der Waals surface area contributed by atoms with E-state index in [0.29, 0.717) is 11.4 Å². The number of carboxylic acid groups (broad SMARTS) is 1. The summed E-state index contributed by atoms with van der Waals surface area (Å²) in [6.45, 7) is 3.18. The molecule has 1 aromatic rings. The zero-order valence-corrected chi connectivity index (χ0v) is 10.7. The first kappa shape index (κ1) is 13.4. The number of amides is 1. The van der Waals surface area contributed by atoms with Crippen molar-refractivity contribution in [1.29, 1.82) is 0 Å². The molecule has 2 N–H and O–H groups in total. The molecule has 2 rings (SSSR count). The summed E-state index contributed by atoms with van der Waals surface area (Å²) in [5, 5.41) is 18.0. The van der Waals surface area contributed by atoms with Gasteiger partial charge in [-0.1, -0.05) is 0 Å². The van der Waals surface area contributed by atoms with Crippen LogP contribution in [0, 0.1) is 0 Å². The SMILES string of the molecule is CC1(C)Oc2cc(C(=O)O)ccc2N(CCO)C1=O. The van der Waals surface area contributed by atoms with Crippen molar-refractivity contribution in [2.75, 3.05) is 18.1 Å². The van der Waals surface area contributed by atoms with Gasteiger partial charge in [-0.05, 0) is 32.0 Å². The molecule has 0 atom stereocenters. The first-order valence-corrected chi connectivity index (χ1v) is 5.86. The third kappa shape index (κ3) is 2.26.